The van der Waals surface area contributed by atoms with E-state index in [0.717, 1.165) is 38.0 Å². The number of ether oxygens (including phenoxy) is 2. The van der Waals surface area contributed by atoms with Gasteiger partial charge in [-0.2, -0.15) is 0 Å². The Morgan fingerprint density at radius 3 is 2.71 bits per heavy atom. The van der Waals surface area contributed by atoms with Gasteiger partial charge in [-0.05, 0) is 49.6 Å². The number of piperidine rings is 1. The maximum absolute atomic E-state index is 13.0. The van der Waals surface area contributed by atoms with Crippen LogP contribution in [0.5, 0.6) is 11.5 Å². The molecule has 2 amide bonds. The van der Waals surface area contributed by atoms with E-state index in [1.165, 1.54) is 7.11 Å². The summed E-state index contributed by atoms with van der Waals surface area (Å²) in [4.78, 5) is 29.7. The lowest BCUT2D eigenvalue weighted by molar-refractivity contribution is -0.139. The largest absolute Gasteiger partial charge is 0.495 e. The zero-order chi connectivity index (χ0) is 21.8. The summed E-state index contributed by atoms with van der Waals surface area (Å²) in [6.45, 7) is 1.90. The van der Waals surface area contributed by atoms with Crippen molar-refractivity contribution in [3.05, 3.63) is 47.5 Å². The quantitative estimate of drug-likeness (QED) is 0.765. The number of hydrogen-bond donors (Lipinski definition) is 1. The average Bonchev–Trinajstić information content (AvgIpc) is 2.79. The minimum Gasteiger partial charge on any atom is -0.495 e. The zero-order valence-electron chi connectivity index (χ0n) is 17.5. The van der Waals surface area contributed by atoms with Crippen LogP contribution in [0.25, 0.3) is 0 Å². The molecule has 0 aromatic heterocycles. The van der Waals surface area contributed by atoms with Crippen LogP contribution in [-0.4, -0.2) is 56.1 Å². The Kier molecular flexibility index (Phi) is 6.51. The summed E-state index contributed by atoms with van der Waals surface area (Å²) in [7, 11) is 1.54. The number of carbonyl (C=O) groups is 2. The molecule has 0 bridgehead atoms. The molecule has 7 nitrogen and oxygen atoms in total. The molecule has 2 aliphatic rings. The predicted molar refractivity (Wildman–Crippen MR) is 120 cm³/mol. The van der Waals surface area contributed by atoms with Gasteiger partial charge in [-0.3, -0.25) is 9.59 Å². The fourth-order valence-corrected chi connectivity index (χ4v) is 4.22. The van der Waals surface area contributed by atoms with Crippen molar-refractivity contribution in [1.82, 2.24) is 4.90 Å². The van der Waals surface area contributed by atoms with Gasteiger partial charge in [0, 0.05) is 18.1 Å². The molecule has 0 saturated carbocycles. The highest BCUT2D eigenvalue weighted by atomic mass is 35.5. The average molecular weight is 444 g/mol. The predicted octanol–water partition coefficient (Wildman–Crippen LogP) is 3.57. The van der Waals surface area contributed by atoms with Crippen LogP contribution < -0.4 is 19.7 Å². The van der Waals surface area contributed by atoms with Crippen molar-refractivity contribution in [2.45, 2.75) is 25.4 Å². The van der Waals surface area contributed by atoms with Gasteiger partial charge in [0.15, 0.2) is 6.10 Å². The molecule has 2 aliphatic heterocycles. The van der Waals surface area contributed by atoms with E-state index in [0.29, 0.717) is 28.8 Å². The van der Waals surface area contributed by atoms with Crippen molar-refractivity contribution in [2.24, 2.45) is 0 Å². The van der Waals surface area contributed by atoms with Crippen LogP contribution in [0.3, 0.4) is 0 Å². The van der Waals surface area contributed by atoms with E-state index in [4.69, 9.17) is 21.1 Å². The zero-order valence-corrected chi connectivity index (χ0v) is 18.2. The first-order valence-electron chi connectivity index (χ1n) is 10.5. The van der Waals surface area contributed by atoms with Crippen molar-refractivity contribution in [3.8, 4) is 11.5 Å². The Bertz CT molecular complexity index is 962. The Morgan fingerprint density at radius 1 is 1.16 bits per heavy atom. The van der Waals surface area contributed by atoms with Crippen molar-refractivity contribution in [1.29, 1.82) is 0 Å². The fraction of sp³-hybridized carbons (Fsp3) is 0.391. The second-order valence-electron chi connectivity index (χ2n) is 7.73. The van der Waals surface area contributed by atoms with Gasteiger partial charge in [0.05, 0.1) is 31.6 Å². The lowest BCUT2D eigenvalue weighted by atomic mass is 10.1. The lowest BCUT2D eigenvalue weighted by Crippen LogP contribution is -2.52. The Balaban J connectivity index is 1.50. The van der Waals surface area contributed by atoms with Gasteiger partial charge in [0.1, 0.15) is 11.5 Å². The molecule has 1 saturated heterocycles. The molecule has 1 unspecified atom stereocenters. The number of para-hydroxylation sites is 2. The number of halogens is 1. The Labute approximate surface area is 186 Å². The third kappa shape index (κ3) is 4.88. The number of likely N-dealkylation sites (tertiary alicyclic amines) is 1. The van der Waals surface area contributed by atoms with E-state index < -0.39 is 6.10 Å². The van der Waals surface area contributed by atoms with E-state index in [9.17, 15) is 9.59 Å². The van der Waals surface area contributed by atoms with Gasteiger partial charge in [0.25, 0.3) is 5.91 Å². The molecular weight excluding hydrogens is 418 g/mol. The van der Waals surface area contributed by atoms with Crippen molar-refractivity contribution >= 4 is 34.8 Å². The Morgan fingerprint density at radius 2 is 1.94 bits per heavy atom. The van der Waals surface area contributed by atoms with Crippen LogP contribution in [0.2, 0.25) is 5.02 Å². The molecule has 1 N–H and O–H groups in total. The highest BCUT2D eigenvalue weighted by Crippen LogP contribution is 2.34. The molecule has 2 heterocycles. The minimum absolute atomic E-state index is 0.0175. The summed E-state index contributed by atoms with van der Waals surface area (Å²) in [5.74, 6) is 0.882. The van der Waals surface area contributed by atoms with Crippen molar-refractivity contribution < 1.29 is 19.1 Å². The molecule has 1 atom stereocenters. The number of fused-ring (bicyclic) bond motifs is 1. The summed E-state index contributed by atoms with van der Waals surface area (Å²) in [6.07, 6.45) is 2.55. The normalized spacial score (nSPS) is 18.1. The number of methoxy groups -OCH3 is 1. The summed E-state index contributed by atoms with van der Waals surface area (Å²) in [5, 5.41) is 3.36. The highest BCUT2D eigenvalue weighted by molar-refractivity contribution is 6.31. The molecule has 8 heteroatoms. The number of nitrogens with zero attached hydrogens (tertiary/aromatic N) is 2. The van der Waals surface area contributed by atoms with Crippen LogP contribution >= 0.6 is 11.6 Å². The first-order valence-corrected chi connectivity index (χ1v) is 10.9. The lowest BCUT2D eigenvalue weighted by Gasteiger charge is -2.38. The van der Waals surface area contributed by atoms with E-state index in [2.05, 4.69) is 5.32 Å². The third-order valence-corrected chi connectivity index (χ3v) is 5.81. The molecule has 0 aliphatic carbocycles. The van der Waals surface area contributed by atoms with Gasteiger partial charge in [0.2, 0.25) is 5.91 Å². The SMILES string of the molecule is COc1ccc(Cl)cc1NC(=O)CN1CC(C(=O)N2CCCCC2)Oc2ccccc21. The van der Waals surface area contributed by atoms with Gasteiger partial charge < -0.3 is 24.6 Å². The van der Waals surface area contributed by atoms with Gasteiger partial charge in [-0.15, -0.1) is 0 Å². The van der Waals surface area contributed by atoms with Crippen LogP contribution in [0.4, 0.5) is 11.4 Å². The maximum atomic E-state index is 13.0. The topological polar surface area (TPSA) is 71.1 Å². The first kappa shape index (κ1) is 21.3. The second kappa shape index (κ2) is 9.47. The molecular formula is C23H26ClN3O4. The van der Waals surface area contributed by atoms with Crippen molar-refractivity contribution in [2.75, 3.05) is 43.5 Å². The van der Waals surface area contributed by atoms with Crippen LogP contribution in [0.15, 0.2) is 42.5 Å². The first-order chi connectivity index (χ1) is 15.0. The van der Waals surface area contributed by atoms with Gasteiger partial charge in [-0.1, -0.05) is 23.7 Å². The van der Waals surface area contributed by atoms with Crippen molar-refractivity contribution in [3.63, 3.8) is 0 Å². The van der Waals surface area contributed by atoms with E-state index >= 15 is 0 Å². The van der Waals surface area contributed by atoms with E-state index in [1.807, 2.05) is 34.1 Å². The monoisotopic (exact) mass is 443 g/mol. The van der Waals surface area contributed by atoms with Crippen LogP contribution in [-0.2, 0) is 9.59 Å². The molecule has 31 heavy (non-hydrogen) atoms. The number of nitrogens with one attached hydrogen (secondary N) is 1. The summed E-state index contributed by atoms with van der Waals surface area (Å²) >= 11 is 6.07. The second-order valence-corrected chi connectivity index (χ2v) is 8.17. The fourth-order valence-electron chi connectivity index (χ4n) is 4.04. The smallest absolute Gasteiger partial charge is 0.265 e. The minimum atomic E-state index is -0.637. The summed E-state index contributed by atoms with van der Waals surface area (Å²) < 4.78 is 11.3. The van der Waals surface area contributed by atoms with Crippen LogP contribution in [0, 0.1) is 0 Å². The third-order valence-electron chi connectivity index (χ3n) is 5.57. The van der Waals surface area contributed by atoms with E-state index in [1.54, 1.807) is 18.2 Å². The summed E-state index contributed by atoms with van der Waals surface area (Å²) in [6, 6.07) is 12.5. The maximum Gasteiger partial charge on any atom is 0.265 e. The molecule has 164 valence electrons. The van der Waals surface area contributed by atoms with Gasteiger partial charge >= 0.3 is 0 Å². The number of rotatable bonds is 5. The highest BCUT2D eigenvalue weighted by Gasteiger charge is 2.34. The standard InChI is InChI=1S/C23H26ClN3O4/c1-30-19-10-9-16(24)13-17(19)25-22(28)15-27-14-21(23(29)26-11-5-2-6-12-26)31-20-8-4-3-7-18(20)27/h3-4,7-10,13,21H,2,5-6,11-12,14-15H2,1H3,(H,25,28). The molecule has 1 fully saturated rings. The van der Waals surface area contributed by atoms with E-state index in [-0.39, 0.29) is 18.4 Å². The number of benzene rings is 2. The molecule has 4 rings (SSSR count). The number of carbonyl (C=O) groups excluding carboxylic acids is 2. The summed E-state index contributed by atoms with van der Waals surface area (Å²) in [5.41, 5.74) is 1.29. The number of anilines is 2. The number of hydrogen-bond acceptors (Lipinski definition) is 5. The molecule has 2 aromatic carbocycles. The molecule has 0 radical (unpaired) electrons. The molecule has 0 spiro atoms. The molecule has 2 aromatic rings. The van der Waals surface area contributed by atoms with Crippen LogP contribution in [0.1, 0.15) is 19.3 Å². The number of amides is 2. The van der Waals surface area contributed by atoms with Gasteiger partial charge in [-0.25, -0.2) is 0 Å². The Hall–Kier alpha value is -2.93.